The van der Waals surface area contributed by atoms with Crippen molar-refractivity contribution in [1.29, 1.82) is 0 Å². The highest BCUT2D eigenvalue weighted by Gasteiger charge is 2.36. The maximum absolute atomic E-state index is 13.8. The van der Waals surface area contributed by atoms with E-state index in [-0.39, 0.29) is 11.1 Å². The van der Waals surface area contributed by atoms with E-state index in [0.29, 0.717) is 6.07 Å². The van der Waals surface area contributed by atoms with Crippen molar-refractivity contribution in [1.82, 2.24) is 0 Å². The number of hydrogen-bond acceptors (Lipinski definition) is 1. The van der Waals surface area contributed by atoms with E-state index < -0.39 is 23.3 Å². The summed E-state index contributed by atoms with van der Waals surface area (Å²) < 4.78 is 57.0. The van der Waals surface area contributed by atoms with Crippen molar-refractivity contribution in [3.63, 3.8) is 0 Å². The van der Waals surface area contributed by atoms with Crippen LogP contribution < -0.4 is 4.74 Å². The Kier molecular flexibility index (Phi) is 4.32. The molecule has 20 heavy (non-hydrogen) atoms. The molecule has 0 saturated carbocycles. The Morgan fingerprint density at radius 1 is 1.05 bits per heavy atom. The van der Waals surface area contributed by atoms with Crippen LogP contribution in [0.3, 0.4) is 0 Å². The number of ether oxygens (including phenoxy) is 1. The highest BCUT2D eigenvalue weighted by molar-refractivity contribution is 9.10. The molecule has 0 bridgehead atoms. The monoisotopic (exact) mass is 348 g/mol. The average Bonchev–Trinajstić information content (AvgIpc) is 2.39. The van der Waals surface area contributed by atoms with Gasteiger partial charge in [0.15, 0.2) is 11.6 Å². The van der Waals surface area contributed by atoms with Crippen LogP contribution >= 0.6 is 15.9 Å². The fraction of sp³-hybridized carbons (Fsp3) is 0.143. The van der Waals surface area contributed by atoms with Gasteiger partial charge in [-0.2, -0.15) is 13.2 Å². The second-order valence-corrected chi connectivity index (χ2v) is 4.95. The zero-order valence-corrected chi connectivity index (χ0v) is 11.6. The van der Waals surface area contributed by atoms with E-state index in [1.165, 1.54) is 6.07 Å². The molecule has 0 aliphatic rings. The summed E-state index contributed by atoms with van der Waals surface area (Å²) in [7, 11) is 0. The lowest BCUT2D eigenvalue weighted by Crippen LogP contribution is -2.10. The molecule has 6 heteroatoms. The first-order valence-electron chi connectivity index (χ1n) is 5.61. The summed E-state index contributed by atoms with van der Waals surface area (Å²) in [6.45, 7) is -0.00842. The minimum atomic E-state index is -4.77. The molecule has 1 nitrogen and oxygen atoms in total. The first-order valence-corrected chi connectivity index (χ1v) is 6.40. The van der Waals surface area contributed by atoms with Crippen LogP contribution in [0.5, 0.6) is 5.75 Å². The number of rotatable bonds is 3. The van der Waals surface area contributed by atoms with Crippen LogP contribution in [0.25, 0.3) is 0 Å². The molecule has 0 aliphatic heterocycles. The quantitative estimate of drug-likeness (QED) is 0.694. The van der Waals surface area contributed by atoms with E-state index in [0.717, 1.165) is 5.56 Å². The van der Waals surface area contributed by atoms with Crippen LogP contribution in [0.4, 0.5) is 17.6 Å². The molecule has 0 spiro atoms. The highest BCUT2D eigenvalue weighted by atomic mass is 79.9. The average molecular weight is 349 g/mol. The minimum absolute atomic E-state index is 0.00842. The smallest absolute Gasteiger partial charge is 0.419 e. The van der Waals surface area contributed by atoms with Crippen LogP contribution in [-0.4, -0.2) is 0 Å². The molecule has 0 atom stereocenters. The van der Waals surface area contributed by atoms with E-state index >= 15 is 0 Å². The van der Waals surface area contributed by atoms with Gasteiger partial charge >= 0.3 is 6.18 Å². The summed E-state index contributed by atoms with van der Waals surface area (Å²) in [4.78, 5) is 0. The molecule has 0 unspecified atom stereocenters. The lowest BCUT2D eigenvalue weighted by Gasteiger charge is -2.13. The number of alkyl halides is 3. The fourth-order valence-corrected chi connectivity index (χ4v) is 2.05. The summed E-state index contributed by atoms with van der Waals surface area (Å²) >= 11 is 2.92. The molecular weight excluding hydrogens is 340 g/mol. The third kappa shape index (κ3) is 3.50. The number of benzene rings is 2. The molecule has 0 amide bonds. The van der Waals surface area contributed by atoms with E-state index in [1.54, 1.807) is 30.3 Å². The summed E-state index contributed by atoms with van der Waals surface area (Å²) in [5.74, 6) is -1.84. The van der Waals surface area contributed by atoms with E-state index in [1.807, 2.05) is 0 Å². The predicted octanol–water partition coefficient (Wildman–Crippen LogP) is 5.19. The first kappa shape index (κ1) is 14.8. The van der Waals surface area contributed by atoms with Gasteiger partial charge in [-0.3, -0.25) is 0 Å². The summed E-state index contributed by atoms with van der Waals surface area (Å²) in [5, 5.41) is 0. The summed E-state index contributed by atoms with van der Waals surface area (Å²) in [6, 6.07) is 10.7. The van der Waals surface area contributed by atoms with Crippen LogP contribution in [-0.2, 0) is 12.8 Å². The van der Waals surface area contributed by atoms with Crippen LogP contribution in [0.1, 0.15) is 11.1 Å². The van der Waals surface area contributed by atoms with Crippen molar-refractivity contribution in [3.05, 3.63) is 63.9 Å². The summed E-state index contributed by atoms with van der Waals surface area (Å²) in [6.07, 6.45) is -4.77. The molecule has 2 aromatic carbocycles. The standard InChI is InChI=1S/C14H9BrF4O/c15-10-6-11(14(17,18)19)13(16)12(7-10)20-8-9-4-2-1-3-5-9/h1-7H,8H2. The third-order valence-corrected chi connectivity index (χ3v) is 3.00. The van der Waals surface area contributed by atoms with Crippen molar-refractivity contribution in [2.75, 3.05) is 0 Å². The van der Waals surface area contributed by atoms with Crippen molar-refractivity contribution >= 4 is 15.9 Å². The Balaban J connectivity index is 2.26. The van der Waals surface area contributed by atoms with E-state index in [9.17, 15) is 17.6 Å². The van der Waals surface area contributed by atoms with Crippen molar-refractivity contribution in [2.45, 2.75) is 12.8 Å². The molecule has 0 aliphatic carbocycles. The Morgan fingerprint density at radius 3 is 2.30 bits per heavy atom. The molecule has 0 N–H and O–H groups in total. The summed E-state index contributed by atoms with van der Waals surface area (Å²) in [5.41, 5.74) is -0.615. The Hall–Kier alpha value is -1.56. The maximum Gasteiger partial charge on any atom is 0.419 e. The molecule has 106 valence electrons. The van der Waals surface area contributed by atoms with Gasteiger partial charge in [0.05, 0.1) is 5.56 Å². The van der Waals surface area contributed by atoms with Gasteiger partial charge in [0.2, 0.25) is 0 Å². The van der Waals surface area contributed by atoms with Gasteiger partial charge in [0.25, 0.3) is 0 Å². The topological polar surface area (TPSA) is 9.23 Å². The minimum Gasteiger partial charge on any atom is -0.486 e. The second-order valence-electron chi connectivity index (χ2n) is 4.04. The third-order valence-electron chi connectivity index (χ3n) is 2.55. The molecule has 0 radical (unpaired) electrons. The normalized spacial score (nSPS) is 11.4. The molecule has 0 fully saturated rings. The van der Waals surface area contributed by atoms with Gasteiger partial charge in [-0.05, 0) is 17.7 Å². The first-order chi connectivity index (χ1) is 9.38. The van der Waals surface area contributed by atoms with Gasteiger partial charge in [0, 0.05) is 4.47 Å². The lowest BCUT2D eigenvalue weighted by atomic mass is 10.2. The number of hydrogen-bond donors (Lipinski definition) is 0. The van der Waals surface area contributed by atoms with E-state index in [2.05, 4.69) is 15.9 Å². The molecule has 0 saturated heterocycles. The maximum atomic E-state index is 13.8. The van der Waals surface area contributed by atoms with Crippen LogP contribution in [0, 0.1) is 5.82 Å². The second kappa shape index (κ2) is 5.83. The fourth-order valence-electron chi connectivity index (χ4n) is 1.61. The van der Waals surface area contributed by atoms with E-state index in [4.69, 9.17) is 4.74 Å². The van der Waals surface area contributed by atoms with Crippen LogP contribution in [0.15, 0.2) is 46.9 Å². The predicted molar refractivity (Wildman–Crippen MR) is 69.9 cm³/mol. The van der Waals surface area contributed by atoms with Crippen LogP contribution in [0.2, 0.25) is 0 Å². The van der Waals surface area contributed by atoms with Gasteiger partial charge in [-0.15, -0.1) is 0 Å². The van der Waals surface area contributed by atoms with Gasteiger partial charge in [-0.1, -0.05) is 46.3 Å². The Morgan fingerprint density at radius 2 is 1.70 bits per heavy atom. The molecule has 2 rings (SSSR count). The van der Waals surface area contributed by atoms with Gasteiger partial charge in [-0.25, -0.2) is 4.39 Å². The molecular formula is C14H9BrF4O. The van der Waals surface area contributed by atoms with Crippen molar-refractivity contribution in [2.24, 2.45) is 0 Å². The highest BCUT2D eigenvalue weighted by Crippen LogP contribution is 2.37. The SMILES string of the molecule is Fc1c(OCc2ccccc2)cc(Br)cc1C(F)(F)F. The van der Waals surface area contributed by atoms with Gasteiger partial charge < -0.3 is 4.74 Å². The largest absolute Gasteiger partial charge is 0.486 e. The Bertz CT molecular complexity index is 596. The molecule has 0 aromatic heterocycles. The zero-order chi connectivity index (χ0) is 14.8. The van der Waals surface area contributed by atoms with Gasteiger partial charge in [0.1, 0.15) is 6.61 Å². The molecule has 2 aromatic rings. The molecule has 0 heterocycles. The number of halogens is 5. The zero-order valence-electron chi connectivity index (χ0n) is 10.0. The Labute approximate surface area is 121 Å². The van der Waals surface area contributed by atoms with Crippen molar-refractivity contribution in [3.8, 4) is 5.75 Å². The lowest BCUT2D eigenvalue weighted by molar-refractivity contribution is -0.140. The van der Waals surface area contributed by atoms with Crippen molar-refractivity contribution < 1.29 is 22.3 Å².